The zero-order valence-electron chi connectivity index (χ0n) is 14.7. The lowest BCUT2D eigenvalue weighted by Crippen LogP contribution is -2.49. The molecule has 1 fully saturated rings. The summed E-state index contributed by atoms with van der Waals surface area (Å²) in [6, 6.07) is 8.53. The molecule has 1 aromatic carbocycles. The van der Waals surface area contributed by atoms with Gasteiger partial charge in [-0.15, -0.1) is 0 Å². The normalized spacial score (nSPS) is 14.6. The summed E-state index contributed by atoms with van der Waals surface area (Å²) in [5, 5.41) is 0.651. The molecular formula is C19H18ClFN4O2. The molecule has 3 aromatic rings. The highest BCUT2D eigenvalue weighted by molar-refractivity contribution is 6.31. The average Bonchev–Trinajstić information content (AvgIpc) is 3.15. The maximum absolute atomic E-state index is 14.1. The number of carbonyl (C=O) groups excluding carboxylic acids is 1. The maximum Gasteiger partial charge on any atom is 0.270 e. The van der Waals surface area contributed by atoms with E-state index in [-0.39, 0.29) is 16.4 Å². The van der Waals surface area contributed by atoms with Gasteiger partial charge in [-0.25, -0.2) is 9.37 Å². The number of amides is 1. The number of fused-ring (bicyclic) bond motifs is 1. The number of aromatic nitrogens is 2. The smallest absolute Gasteiger partial charge is 0.270 e. The number of hydrogen-bond donors (Lipinski definition) is 1. The molecule has 27 heavy (non-hydrogen) atoms. The van der Waals surface area contributed by atoms with E-state index in [9.17, 15) is 9.18 Å². The van der Waals surface area contributed by atoms with Crippen molar-refractivity contribution in [3.63, 3.8) is 0 Å². The molecule has 0 unspecified atom stereocenters. The first kappa shape index (κ1) is 17.6. The van der Waals surface area contributed by atoms with Gasteiger partial charge in [0.2, 0.25) is 0 Å². The lowest BCUT2D eigenvalue weighted by molar-refractivity contribution is 0.0741. The van der Waals surface area contributed by atoms with Crippen molar-refractivity contribution in [1.82, 2.24) is 14.9 Å². The molecule has 6 nitrogen and oxygen atoms in total. The second-order valence-electron chi connectivity index (χ2n) is 6.32. The van der Waals surface area contributed by atoms with Crippen LogP contribution in [-0.4, -0.2) is 54.1 Å². The number of aromatic amines is 1. The van der Waals surface area contributed by atoms with E-state index in [1.165, 1.54) is 6.07 Å². The molecule has 1 N–H and O–H groups in total. The van der Waals surface area contributed by atoms with E-state index >= 15 is 0 Å². The summed E-state index contributed by atoms with van der Waals surface area (Å²) >= 11 is 5.81. The molecule has 0 atom stereocenters. The van der Waals surface area contributed by atoms with Crippen molar-refractivity contribution in [2.45, 2.75) is 0 Å². The Bertz CT molecular complexity index is 999. The predicted octanol–water partition coefficient (Wildman–Crippen LogP) is 3.33. The summed E-state index contributed by atoms with van der Waals surface area (Å²) in [6.45, 7) is 2.35. The summed E-state index contributed by atoms with van der Waals surface area (Å²) in [5.41, 5.74) is 0.609. The van der Waals surface area contributed by atoms with Gasteiger partial charge in [-0.05, 0) is 24.3 Å². The number of ether oxygens (including phenoxy) is 1. The van der Waals surface area contributed by atoms with Crippen LogP contribution in [0.2, 0.25) is 5.02 Å². The third-order valence-corrected chi connectivity index (χ3v) is 5.05. The van der Waals surface area contributed by atoms with Crippen LogP contribution in [0.25, 0.3) is 10.9 Å². The van der Waals surface area contributed by atoms with E-state index in [0.29, 0.717) is 43.0 Å². The number of halogens is 2. The van der Waals surface area contributed by atoms with Crippen LogP contribution in [0.1, 0.15) is 10.5 Å². The van der Waals surface area contributed by atoms with Crippen LogP contribution in [0.4, 0.5) is 10.2 Å². The molecule has 1 amide bonds. The molecule has 0 radical (unpaired) electrons. The fraction of sp³-hybridized carbons (Fsp3) is 0.263. The lowest BCUT2D eigenvalue weighted by atomic mass is 10.2. The highest BCUT2D eigenvalue weighted by Gasteiger charge is 2.25. The number of H-pyrrole nitrogens is 1. The molecule has 1 aliphatic rings. The van der Waals surface area contributed by atoms with Crippen molar-refractivity contribution in [1.29, 1.82) is 0 Å². The van der Waals surface area contributed by atoms with Crippen molar-refractivity contribution in [3.8, 4) is 5.75 Å². The molecule has 1 aliphatic heterocycles. The highest BCUT2D eigenvalue weighted by Crippen LogP contribution is 2.27. The average molecular weight is 389 g/mol. The molecule has 0 spiro atoms. The summed E-state index contributed by atoms with van der Waals surface area (Å²) in [4.78, 5) is 23.9. The Hall–Kier alpha value is -2.80. The number of anilines is 1. The van der Waals surface area contributed by atoms with Crippen LogP contribution in [-0.2, 0) is 0 Å². The van der Waals surface area contributed by atoms with Crippen molar-refractivity contribution in [3.05, 3.63) is 53.1 Å². The second-order valence-corrected chi connectivity index (χ2v) is 6.72. The Morgan fingerprint density at radius 3 is 2.78 bits per heavy atom. The molecule has 8 heteroatoms. The third-order valence-electron chi connectivity index (χ3n) is 4.75. The first-order valence-electron chi connectivity index (χ1n) is 8.58. The molecule has 0 bridgehead atoms. The minimum Gasteiger partial charge on any atom is -0.493 e. The van der Waals surface area contributed by atoms with E-state index < -0.39 is 5.82 Å². The molecular weight excluding hydrogens is 371 g/mol. The van der Waals surface area contributed by atoms with Crippen LogP contribution in [0.3, 0.4) is 0 Å². The van der Waals surface area contributed by atoms with Gasteiger partial charge in [-0.2, -0.15) is 0 Å². The van der Waals surface area contributed by atoms with Crippen LogP contribution < -0.4 is 9.64 Å². The van der Waals surface area contributed by atoms with Gasteiger partial charge < -0.3 is 19.5 Å². The third kappa shape index (κ3) is 3.19. The van der Waals surface area contributed by atoms with E-state index in [0.717, 1.165) is 5.82 Å². The van der Waals surface area contributed by atoms with Gasteiger partial charge in [0.1, 0.15) is 5.69 Å². The van der Waals surface area contributed by atoms with Gasteiger partial charge in [0, 0.05) is 37.8 Å². The summed E-state index contributed by atoms with van der Waals surface area (Å²) < 4.78 is 19.5. The molecule has 0 aliphatic carbocycles. The SMILES string of the molecule is COc1cccnc1N1CCN(C(=O)c2cc3ccc(Cl)c(F)c3[nH]2)CC1. The summed E-state index contributed by atoms with van der Waals surface area (Å²) in [7, 11) is 1.61. The topological polar surface area (TPSA) is 61.5 Å². The zero-order valence-corrected chi connectivity index (χ0v) is 15.5. The van der Waals surface area contributed by atoms with Crippen molar-refractivity contribution in [2.24, 2.45) is 0 Å². The number of piperazine rings is 1. The number of methoxy groups -OCH3 is 1. The van der Waals surface area contributed by atoms with Crippen molar-refractivity contribution < 1.29 is 13.9 Å². The first-order valence-corrected chi connectivity index (χ1v) is 8.96. The minimum absolute atomic E-state index is 0.0290. The molecule has 140 valence electrons. The number of rotatable bonds is 3. The minimum atomic E-state index is -0.541. The van der Waals surface area contributed by atoms with Crippen LogP contribution in [0.5, 0.6) is 5.75 Å². The molecule has 0 saturated carbocycles. The summed E-state index contributed by atoms with van der Waals surface area (Å²) in [6.07, 6.45) is 1.72. The number of benzene rings is 1. The van der Waals surface area contributed by atoms with Crippen molar-refractivity contribution in [2.75, 3.05) is 38.2 Å². The quantitative estimate of drug-likeness (QED) is 0.747. The fourth-order valence-corrected chi connectivity index (χ4v) is 3.48. The second kappa shape index (κ2) is 7.08. The standard InChI is InChI=1S/C19H18ClFN4O2/c1-27-15-3-2-6-22-18(15)24-7-9-25(10-8-24)19(26)14-11-12-4-5-13(20)16(21)17(12)23-14/h2-6,11,23H,7-10H2,1H3. The van der Waals surface area contributed by atoms with Gasteiger partial charge in [0.25, 0.3) is 5.91 Å². The summed E-state index contributed by atoms with van der Waals surface area (Å²) in [5.74, 6) is 0.782. The van der Waals surface area contributed by atoms with Gasteiger partial charge in [0.15, 0.2) is 17.4 Å². The number of nitrogens with one attached hydrogen (secondary N) is 1. The molecule has 2 aromatic heterocycles. The van der Waals surface area contributed by atoms with E-state index in [4.69, 9.17) is 16.3 Å². The molecule has 1 saturated heterocycles. The fourth-order valence-electron chi connectivity index (χ4n) is 3.33. The van der Waals surface area contributed by atoms with Crippen LogP contribution >= 0.6 is 11.6 Å². The van der Waals surface area contributed by atoms with Gasteiger partial charge in [-0.1, -0.05) is 17.7 Å². The zero-order chi connectivity index (χ0) is 19.0. The van der Waals surface area contributed by atoms with Crippen LogP contribution in [0, 0.1) is 5.82 Å². The monoisotopic (exact) mass is 388 g/mol. The number of pyridine rings is 1. The number of hydrogen-bond acceptors (Lipinski definition) is 4. The van der Waals surface area contributed by atoms with Gasteiger partial charge in [-0.3, -0.25) is 4.79 Å². The molecule has 3 heterocycles. The van der Waals surface area contributed by atoms with E-state index in [1.54, 1.807) is 30.3 Å². The van der Waals surface area contributed by atoms with Gasteiger partial charge >= 0.3 is 0 Å². The maximum atomic E-state index is 14.1. The Balaban J connectivity index is 1.50. The Morgan fingerprint density at radius 1 is 1.26 bits per heavy atom. The van der Waals surface area contributed by atoms with E-state index in [1.807, 2.05) is 12.1 Å². The predicted molar refractivity (Wildman–Crippen MR) is 102 cm³/mol. The van der Waals surface area contributed by atoms with E-state index in [2.05, 4.69) is 14.9 Å². The number of nitrogens with zero attached hydrogens (tertiary/aromatic N) is 3. The molecule has 4 rings (SSSR count). The highest BCUT2D eigenvalue weighted by atomic mass is 35.5. The van der Waals surface area contributed by atoms with Gasteiger partial charge in [0.05, 0.1) is 17.6 Å². The van der Waals surface area contributed by atoms with Crippen molar-refractivity contribution >= 4 is 34.2 Å². The Kier molecular flexibility index (Phi) is 4.61. The largest absolute Gasteiger partial charge is 0.493 e. The Morgan fingerprint density at radius 2 is 2.04 bits per heavy atom. The lowest BCUT2D eigenvalue weighted by Gasteiger charge is -2.35. The number of carbonyl (C=O) groups is 1. The Labute approximate surface area is 160 Å². The van der Waals surface area contributed by atoms with Crippen LogP contribution in [0.15, 0.2) is 36.5 Å². The first-order chi connectivity index (χ1) is 13.1.